The molecule has 0 amide bonds. The summed E-state index contributed by atoms with van der Waals surface area (Å²) in [7, 11) is 0. The molecule has 1 N–H and O–H groups in total. The first kappa shape index (κ1) is 17.3. The van der Waals surface area contributed by atoms with Gasteiger partial charge in [0.05, 0.1) is 0 Å². The SMILES string of the molecule is C=CCS[C@]1(Br)NC(C)(C)C[C@]2(C)OC(=O)[C@@H](C(C)C)N12. The average Bonchev–Trinajstić information content (AvgIpc) is 2.55. The number of ether oxygens (including phenoxy) is 1. The highest BCUT2D eigenvalue weighted by Crippen LogP contribution is 2.52. The largest absolute Gasteiger partial charge is 0.443 e. The van der Waals surface area contributed by atoms with Crippen LogP contribution in [-0.2, 0) is 9.53 Å². The van der Waals surface area contributed by atoms with Crippen LogP contribution in [0.5, 0.6) is 0 Å². The van der Waals surface area contributed by atoms with E-state index in [0.717, 1.165) is 12.2 Å². The molecule has 6 heteroatoms. The van der Waals surface area contributed by atoms with Crippen LogP contribution in [0.2, 0.25) is 0 Å². The zero-order valence-corrected chi connectivity index (χ0v) is 15.8. The zero-order chi connectivity index (χ0) is 16.1. The Morgan fingerprint density at radius 3 is 2.71 bits per heavy atom. The minimum Gasteiger partial charge on any atom is -0.443 e. The molecule has 2 rings (SSSR count). The third-order valence-electron chi connectivity index (χ3n) is 3.95. The summed E-state index contributed by atoms with van der Waals surface area (Å²) >= 11 is 5.53. The van der Waals surface area contributed by atoms with Crippen molar-refractivity contribution < 1.29 is 9.53 Å². The van der Waals surface area contributed by atoms with Gasteiger partial charge in [-0.1, -0.05) is 19.9 Å². The molecule has 2 fully saturated rings. The number of esters is 1. The maximum absolute atomic E-state index is 12.4. The van der Waals surface area contributed by atoms with Crippen LogP contribution in [0, 0.1) is 5.92 Å². The summed E-state index contributed by atoms with van der Waals surface area (Å²) in [5, 5.41) is 3.63. The van der Waals surface area contributed by atoms with E-state index in [0.29, 0.717) is 0 Å². The Balaban J connectivity index is 2.46. The number of alkyl halides is 1. The molecule has 4 nitrogen and oxygen atoms in total. The predicted molar refractivity (Wildman–Crippen MR) is 91.1 cm³/mol. The normalized spacial score (nSPS) is 39.2. The molecule has 21 heavy (non-hydrogen) atoms. The fourth-order valence-corrected chi connectivity index (χ4v) is 6.18. The molecular weight excluding hydrogens is 352 g/mol. The highest BCUT2D eigenvalue weighted by atomic mass is 79.9. The second-order valence-electron chi connectivity index (χ2n) is 7.00. The van der Waals surface area contributed by atoms with Gasteiger partial charge >= 0.3 is 5.97 Å². The van der Waals surface area contributed by atoms with Crippen LogP contribution in [0.1, 0.15) is 41.0 Å². The van der Waals surface area contributed by atoms with Gasteiger partial charge in [0.1, 0.15) is 6.04 Å². The number of halogens is 1. The highest BCUT2D eigenvalue weighted by Gasteiger charge is 2.64. The Morgan fingerprint density at radius 1 is 1.57 bits per heavy atom. The first-order valence-corrected chi connectivity index (χ1v) is 9.08. The molecule has 0 aromatic rings. The second-order valence-corrected chi connectivity index (χ2v) is 9.89. The van der Waals surface area contributed by atoms with Crippen molar-refractivity contribution in [1.29, 1.82) is 0 Å². The van der Waals surface area contributed by atoms with Crippen molar-refractivity contribution in [1.82, 2.24) is 10.2 Å². The van der Waals surface area contributed by atoms with E-state index >= 15 is 0 Å². The molecule has 0 unspecified atom stereocenters. The van der Waals surface area contributed by atoms with Crippen LogP contribution in [0.3, 0.4) is 0 Å². The molecule has 3 atom stereocenters. The van der Waals surface area contributed by atoms with Crippen LogP contribution in [-0.4, -0.2) is 37.8 Å². The molecule has 0 saturated carbocycles. The number of hydrogen-bond donors (Lipinski definition) is 1. The van der Waals surface area contributed by atoms with Gasteiger partial charge in [0.2, 0.25) is 0 Å². The van der Waals surface area contributed by atoms with Gasteiger partial charge in [-0.15, -0.1) is 18.3 Å². The number of thioether (sulfide) groups is 1. The number of fused-ring (bicyclic) bond motifs is 1. The van der Waals surface area contributed by atoms with Crippen molar-refractivity contribution in [3.63, 3.8) is 0 Å². The standard InChI is InChI=1S/C15H25BrN2O2S/c1-7-8-21-15(16)17-13(4,5)9-14(6)18(15)11(10(2)3)12(19)20-14/h7,10-11,17H,1,8-9H2,2-6H3/t11-,14+,15-/m1/s1. The lowest BCUT2D eigenvalue weighted by Crippen LogP contribution is -2.72. The van der Waals surface area contributed by atoms with Crippen molar-refractivity contribution in [2.45, 2.75) is 62.2 Å². The fraction of sp³-hybridized carbons (Fsp3) is 0.800. The van der Waals surface area contributed by atoms with Gasteiger partial charge in [-0.25, -0.2) is 4.90 Å². The van der Waals surface area contributed by atoms with Crippen LogP contribution >= 0.6 is 27.7 Å². The fourth-order valence-electron chi connectivity index (χ4n) is 3.52. The smallest absolute Gasteiger partial charge is 0.325 e. The Morgan fingerprint density at radius 2 is 2.19 bits per heavy atom. The lowest BCUT2D eigenvalue weighted by atomic mass is 9.89. The van der Waals surface area contributed by atoms with Gasteiger partial charge in [0.15, 0.2) is 9.63 Å². The minimum absolute atomic E-state index is 0.130. The van der Waals surface area contributed by atoms with Crippen molar-refractivity contribution in [2.75, 3.05) is 5.75 Å². The summed E-state index contributed by atoms with van der Waals surface area (Å²) in [6.07, 6.45) is 2.62. The predicted octanol–water partition coefficient (Wildman–Crippen LogP) is 3.28. The van der Waals surface area contributed by atoms with Gasteiger partial charge in [0.25, 0.3) is 0 Å². The van der Waals surface area contributed by atoms with Gasteiger partial charge in [-0.3, -0.25) is 10.1 Å². The van der Waals surface area contributed by atoms with Crippen molar-refractivity contribution >= 4 is 33.7 Å². The van der Waals surface area contributed by atoms with Crippen molar-refractivity contribution in [3.8, 4) is 0 Å². The summed E-state index contributed by atoms with van der Waals surface area (Å²) in [4.78, 5) is 14.6. The lowest BCUT2D eigenvalue weighted by molar-refractivity contribution is -0.162. The molecule has 0 bridgehead atoms. The monoisotopic (exact) mass is 376 g/mol. The summed E-state index contributed by atoms with van der Waals surface area (Å²) < 4.78 is 5.27. The molecule has 0 aromatic heterocycles. The molecular formula is C15H25BrN2O2S. The van der Waals surface area contributed by atoms with E-state index in [9.17, 15) is 4.79 Å². The average molecular weight is 377 g/mol. The minimum atomic E-state index is -0.599. The van der Waals surface area contributed by atoms with Gasteiger partial charge in [-0.2, -0.15) is 0 Å². The Bertz CT molecular complexity index is 457. The quantitative estimate of drug-likeness (QED) is 0.353. The topological polar surface area (TPSA) is 41.6 Å². The first-order valence-electron chi connectivity index (χ1n) is 7.30. The van der Waals surface area contributed by atoms with Gasteiger partial charge in [-0.05, 0) is 42.6 Å². The molecule has 120 valence electrons. The number of hydrogen-bond acceptors (Lipinski definition) is 5. The van der Waals surface area contributed by atoms with Gasteiger partial charge in [0, 0.05) is 17.7 Å². The van der Waals surface area contributed by atoms with Gasteiger partial charge < -0.3 is 4.74 Å². The number of nitrogens with one attached hydrogen (secondary N) is 1. The molecule has 0 aliphatic carbocycles. The highest BCUT2D eigenvalue weighted by molar-refractivity contribution is 9.11. The Hall–Kier alpha value is -0.0400. The molecule has 2 heterocycles. The van der Waals surface area contributed by atoms with Crippen LogP contribution in [0.25, 0.3) is 0 Å². The van der Waals surface area contributed by atoms with Crippen molar-refractivity contribution in [2.24, 2.45) is 5.92 Å². The van der Waals surface area contributed by atoms with Crippen LogP contribution < -0.4 is 5.32 Å². The molecule has 0 spiro atoms. The van der Waals surface area contributed by atoms with E-state index in [1.807, 2.05) is 13.0 Å². The van der Waals surface area contributed by atoms with Crippen LogP contribution in [0.15, 0.2) is 12.7 Å². The lowest BCUT2D eigenvalue weighted by Gasteiger charge is -2.55. The zero-order valence-electron chi connectivity index (χ0n) is 13.4. The molecule has 0 aromatic carbocycles. The summed E-state index contributed by atoms with van der Waals surface area (Å²) in [5.74, 6) is 0.832. The third-order valence-corrected chi connectivity index (χ3v) is 6.30. The number of carbonyl (C=O) groups excluding carboxylic acids is 1. The number of rotatable bonds is 4. The van der Waals surface area contributed by atoms with E-state index < -0.39 is 9.63 Å². The van der Waals surface area contributed by atoms with Crippen molar-refractivity contribution in [3.05, 3.63) is 12.7 Å². The maximum Gasteiger partial charge on any atom is 0.325 e. The van der Waals surface area contributed by atoms with E-state index in [1.165, 1.54) is 0 Å². The second kappa shape index (κ2) is 5.55. The summed E-state index contributed by atoms with van der Waals surface area (Å²) in [6.45, 7) is 14.2. The van der Waals surface area contributed by atoms with Crippen LogP contribution in [0.4, 0.5) is 0 Å². The number of carbonyl (C=O) groups is 1. The molecule has 0 radical (unpaired) electrons. The summed E-state index contributed by atoms with van der Waals surface area (Å²) in [5.41, 5.74) is -0.743. The van der Waals surface area contributed by atoms with E-state index in [2.05, 4.69) is 60.4 Å². The molecule has 2 aliphatic heterocycles. The van der Waals surface area contributed by atoms with E-state index in [1.54, 1.807) is 11.8 Å². The molecule has 2 aliphatic rings. The Kier molecular flexibility index (Phi) is 4.58. The summed E-state index contributed by atoms with van der Waals surface area (Å²) in [6, 6.07) is -0.254. The third kappa shape index (κ3) is 3.05. The maximum atomic E-state index is 12.4. The van der Waals surface area contributed by atoms with E-state index in [-0.39, 0.29) is 23.5 Å². The van der Waals surface area contributed by atoms with E-state index in [4.69, 9.17) is 4.74 Å². The number of nitrogens with zero attached hydrogens (tertiary/aromatic N) is 1. The Labute approximate surface area is 140 Å². The molecule has 2 saturated heterocycles. The first-order chi connectivity index (χ1) is 9.55.